The highest BCUT2D eigenvalue weighted by atomic mass is 15.1. The number of rotatable bonds is 2. The number of pyridine rings is 1. The van der Waals surface area contributed by atoms with Crippen molar-refractivity contribution in [2.24, 2.45) is 0 Å². The standard InChI is InChI=1S/C12H17N5/c1-17-4-2-11(3-5-17)16-12-9(7-13)6-10(14)8-15-12/h6,8,11H,2-5,14H2,1H3,(H,15,16). The van der Waals surface area contributed by atoms with Crippen molar-refractivity contribution in [3.05, 3.63) is 17.8 Å². The molecule has 0 bridgehead atoms. The minimum Gasteiger partial charge on any atom is -0.397 e. The van der Waals surface area contributed by atoms with Crippen LogP contribution in [0.5, 0.6) is 0 Å². The number of nitrogen functional groups attached to an aromatic ring is 1. The van der Waals surface area contributed by atoms with E-state index in [1.807, 2.05) is 0 Å². The van der Waals surface area contributed by atoms with Gasteiger partial charge in [0, 0.05) is 6.04 Å². The quantitative estimate of drug-likeness (QED) is 0.795. The molecule has 0 saturated carbocycles. The van der Waals surface area contributed by atoms with E-state index in [1.54, 1.807) is 12.3 Å². The molecule has 1 fully saturated rings. The summed E-state index contributed by atoms with van der Waals surface area (Å²) in [5.74, 6) is 0.649. The smallest absolute Gasteiger partial charge is 0.144 e. The molecule has 0 unspecified atom stereocenters. The summed E-state index contributed by atoms with van der Waals surface area (Å²) in [5, 5.41) is 12.4. The first-order chi connectivity index (χ1) is 8.19. The molecule has 0 aliphatic carbocycles. The molecule has 3 N–H and O–H groups in total. The fraction of sp³-hybridized carbons (Fsp3) is 0.500. The number of nitriles is 1. The molecule has 1 aromatic heterocycles. The van der Waals surface area contributed by atoms with Gasteiger partial charge >= 0.3 is 0 Å². The van der Waals surface area contributed by atoms with Crippen molar-refractivity contribution in [3.63, 3.8) is 0 Å². The van der Waals surface area contributed by atoms with Gasteiger partial charge < -0.3 is 16.0 Å². The first-order valence-corrected chi connectivity index (χ1v) is 5.79. The monoisotopic (exact) mass is 231 g/mol. The second-order valence-electron chi connectivity index (χ2n) is 4.50. The van der Waals surface area contributed by atoms with Crippen molar-refractivity contribution in [2.75, 3.05) is 31.2 Å². The molecule has 5 heteroatoms. The van der Waals surface area contributed by atoms with E-state index in [-0.39, 0.29) is 0 Å². The van der Waals surface area contributed by atoms with Crippen molar-refractivity contribution >= 4 is 11.5 Å². The molecule has 2 rings (SSSR count). The van der Waals surface area contributed by atoms with Crippen LogP contribution in [0.3, 0.4) is 0 Å². The van der Waals surface area contributed by atoms with Gasteiger partial charge in [-0.3, -0.25) is 0 Å². The van der Waals surface area contributed by atoms with E-state index in [2.05, 4.69) is 28.3 Å². The first kappa shape index (κ1) is 11.7. The minimum absolute atomic E-state index is 0.398. The van der Waals surface area contributed by atoms with Gasteiger partial charge in [0.05, 0.1) is 17.4 Å². The van der Waals surface area contributed by atoms with Crippen LogP contribution >= 0.6 is 0 Å². The maximum Gasteiger partial charge on any atom is 0.144 e. The molecule has 1 aromatic rings. The maximum atomic E-state index is 9.02. The van der Waals surface area contributed by atoms with Crippen molar-refractivity contribution in [1.29, 1.82) is 5.26 Å². The number of hydrogen-bond donors (Lipinski definition) is 2. The van der Waals surface area contributed by atoms with Crippen LogP contribution in [0.25, 0.3) is 0 Å². The number of nitrogens with two attached hydrogens (primary N) is 1. The van der Waals surface area contributed by atoms with Crippen molar-refractivity contribution in [3.8, 4) is 6.07 Å². The van der Waals surface area contributed by atoms with E-state index < -0.39 is 0 Å². The Morgan fingerprint density at radius 1 is 1.53 bits per heavy atom. The van der Waals surface area contributed by atoms with Gasteiger partial charge in [-0.25, -0.2) is 4.98 Å². The SMILES string of the molecule is CN1CCC(Nc2ncc(N)cc2C#N)CC1. The molecule has 0 amide bonds. The molecule has 0 atom stereocenters. The van der Waals surface area contributed by atoms with Crippen LogP contribution < -0.4 is 11.1 Å². The Morgan fingerprint density at radius 2 is 2.24 bits per heavy atom. The predicted molar refractivity (Wildman–Crippen MR) is 67.5 cm³/mol. The molecular weight excluding hydrogens is 214 g/mol. The van der Waals surface area contributed by atoms with E-state index in [0.29, 0.717) is 23.1 Å². The zero-order chi connectivity index (χ0) is 12.3. The third-order valence-corrected chi connectivity index (χ3v) is 3.09. The molecule has 1 saturated heterocycles. The molecule has 0 spiro atoms. The number of piperidine rings is 1. The molecule has 1 aliphatic rings. The Hall–Kier alpha value is -1.80. The van der Waals surface area contributed by atoms with E-state index >= 15 is 0 Å². The first-order valence-electron chi connectivity index (χ1n) is 5.79. The second kappa shape index (κ2) is 5.02. The van der Waals surface area contributed by atoms with Gasteiger partial charge in [0.25, 0.3) is 0 Å². The summed E-state index contributed by atoms with van der Waals surface area (Å²) in [5.41, 5.74) is 6.65. The molecule has 0 aromatic carbocycles. The lowest BCUT2D eigenvalue weighted by atomic mass is 10.1. The largest absolute Gasteiger partial charge is 0.397 e. The van der Waals surface area contributed by atoms with E-state index in [1.165, 1.54) is 0 Å². The zero-order valence-corrected chi connectivity index (χ0v) is 9.98. The van der Waals surface area contributed by atoms with Crippen LogP contribution in [-0.4, -0.2) is 36.1 Å². The number of anilines is 2. The fourth-order valence-electron chi connectivity index (χ4n) is 2.03. The van der Waals surface area contributed by atoms with Crippen molar-refractivity contribution in [1.82, 2.24) is 9.88 Å². The lowest BCUT2D eigenvalue weighted by Gasteiger charge is -2.29. The Morgan fingerprint density at radius 3 is 2.88 bits per heavy atom. The summed E-state index contributed by atoms with van der Waals surface area (Å²) in [6.07, 6.45) is 3.74. The maximum absolute atomic E-state index is 9.02. The van der Waals surface area contributed by atoms with Crippen LogP contribution in [0.15, 0.2) is 12.3 Å². The van der Waals surface area contributed by atoms with Crippen molar-refractivity contribution < 1.29 is 0 Å². The summed E-state index contributed by atoms with van der Waals surface area (Å²) in [6.45, 7) is 2.16. The van der Waals surface area contributed by atoms with Gasteiger partial charge in [-0.1, -0.05) is 0 Å². The van der Waals surface area contributed by atoms with Gasteiger partial charge in [-0.2, -0.15) is 5.26 Å². The number of nitrogens with zero attached hydrogens (tertiary/aromatic N) is 3. The molecular formula is C12H17N5. The third-order valence-electron chi connectivity index (χ3n) is 3.09. The van der Waals surface area contributed by atoms with Crippen LogP contribution in [0.1, 0.15) is 18.4 Å². The number of likely N-dealkylation sites (tertiary alicyclic amines) is 1. The topological polar surface area (TPSA) is 78.0 Å². The Kier molecular flexibility index (Phi) is 3.45. The third kappa shape index (κ3) is 2.86. The zero-order valence-electron chi connectivity index (χ0n) is 9.98. The summed E-state index contributed by atoms with van der Waals surface area (Å²) >= 11 is 0. The van der Waals surface area contributed by atoms with Gasteiger partial charge in [-0.05, 0) is 39.0 Å². The molecule has 17 heavy (non-hydrogen) atoms. The highest BCUT2D eigenvalue weighted by Gasteiger charge is 2.17. The Labute approximate surface area is 101 Å². The molecule has 1 aliphatic heterocycles. The molecule has 0 radical (unpaired) electrons. The number of nitrogens with one attached hydrogen (secondary N) is 1. The fourth-order valence-corrected chi connectivity index (χ4v) is 2.03. The van der Waals surface area contributed by atoms with Gasteiger partial charge in [0.15, 0.2) is 0 Å². The Bertz CT molecular complexity index is 429. The average Bonchev–Trinajstić information content (AvgIpc) is 2.34. The van der Waals surface area contributed by atoms with Gasteiger partial charge in [0.2, 0.25) is 0 Å². The molecule has 90 valence electrons. The lowest BCUT2D eigenvalue weighted by Crippen LogP contribution is -2.37. The highest BCUT2D eigenvalue weighted by Crippen LogP contribution is 2.18. The van der Waals surface area contributed by atoms with Gasteiger partial charge in [0.1, 0.15) is 11.9 Å². The summed E-state index contributed by atoms with van der Waals surface area (Å²) in [4.78, 5) is 6.50. The van der Waals surface area contributed by atoms with Gasteiger partial charge in [-0.15, -0.1) is 0 Å². The Balaban J connectivity index is 2.06. The van der Waals surface area contributed by atoms with Crippen LogP contribution in [-0.2, 0) is 0 Å². The minimum atomic E-state index is 0.398. The van der Waals surface area contributed by atoms with Crippen LogP contribution in [0.2, 0.25) is 0 Å². The molecule has 2 heterocycles. The lowest BCUT2D eigenvalue weighted by molar-refractivity contribution is 0.263. The summed E-state index contributed by atoms with van der Waals surface area (Å²) in [6, 6.07) is 4.17. The van der Waals surface area contributed by atoms with Crippen LogP contribution in [0.4, 0.5) is 11.5 Å². The number of hydrogen-bond acceptors (Lipinski definition) is 5. The molecule has 5 nitrogen and oxygen atoms in total. The second-order valence-corrected chi connectivity index (χ2v) is 4.50. The number of aromatic nitrogens is 1. The van der Waals surface area contributed by atoms with Crippen molar-refractivity contribution in [2.45, 2.75) is 18.9 Å². The van der Waals surface area contributed by atoms with E-state index in [0.717, 1.165) is 25.9 Å². The highest BCUT2D eigenvalue weighted by molar-refractivity contribution is 5.57. The van der Waals surface area contributed by atoms with E-state index in [4.69, 9.17) is 11.0 Å². The van der Waals surface area contributed by atoms with Crippen LogP contribution in [0, 0.1) is 11.3 Å². The summed E-state index contributed by atoms with van der Waals surface area (Å²) in [7, 11) is 2.12. The normalized spacial score (nSPS) is 17.6. The summed E-state index contributed by atoms with van der Waals surface area (Å²) < 4.78 is 0. The average molecular weight is 231 g/mol. The van der Waals surface area contributed by atoms with E-state index in [9.17, 15) is 0 Å². The predicted octanol–water partition coefficient (Wildman–Crippen LogP) is 1.04.